The Hall–Kier alpha value is -1.11. The normalized spacial score (nSPS) is 22.0. The molecule has 1 saturated heterocycles. The van der Waals surface area contributed by atoms with Crippen LogP contribution in [0, 0.1) is 0 Å². The van der Waals surface area contributed by atoms with E-state index in [0.717, 1.165) is 5.46 Å². The fourth-order valence-corrected chi connectivity index (χ4v) is 2.09. The number of aliphatic hydroxyl groups is 1. The SMILES string of the molecule is CC(O)Cc1ncc(B2OC(C)(C)C(C)(C)O2)cc1N. The van der Waals surface area contributed by atoms with E-state index < -0.39 is 13.2 Å². The Bertz CT molecular complexity index is 487. The molecule has 0 aliphatic carbocycles. The maximum Gasteiger partial charge on any atom is 0.496 e. The summed E-state index contributed by atoms with van der Waals surface area (Å²) in [6.07, 6.45) is 1.68. The van der Waals surface area contributed by atoms with E-state index in [9.17, 15) is 5.11 Å². The molecular weight excluding hydrogens is 255 g/mol. The average Bonchev–Trinajstić information content (AvgIpc) is 2.50. The lowest BCUT2D eigenvalue weighted by Gasteiger charge is -2.32. The van der Waals surface area contributed by atoms with Crippen molar-refractivity contribution in [3.8, 4) is 0 Å². The van der Waals surface area contributed by atoms with Crippen LogP contribution in [0.2, 0.25) is 0 Å². The van der Waals surface area contributed by atoms with E-state index in [1.165, 1.54) is 0 Å². The summed E-state index contributed by atoms with van der Waals surface area (Å²) in [5.74, 6) is 0. The Morgan fingerprint density at radius 1 is 1.30 bits per heavy atom. The highest BCUT2D eigenvalue weighted by atomic mass is 16.7. The fraction of sp³-hybridized carbons (Fsp3) is 0.643. The van der Waals surface area contributed by atoms with E-state index >= 15 is 0 Å². The van der Waals surface area contributed by atoms with Crippen molar-refractivity contribution < 1.29 is 14.4 Å². The zero-order chi connectivity index (χ0) is 15.1. The van der Waals surface area contributed by atoms with Crippen LogP contribution < -0.4 is 11.2 Å². The summed E-state index contributed by atoms with van der Waals surface area (Å²) in [5, 5.41) is 9.40. The van der Waals surface area contributed by atoms with Crippen LogP contribution >= 0.6 is 0 Å². The third-order valence-electron chi connectivity index (χ3n) is 4.04. The highest BCUT2D eigenvalue weighted by Crippen LogP contribution is 2.36. The quantitative estimate of drug-likeness (QED) is 0.803. The van der Waals surface area contributed by atoms with Gasteiger partial charge in [0.1, 0.15) is 0 Å². The molecule has 1 atom stereocenters. The van der Waals surface area contributed by atoms with Crippen LogP contribution in [-0.4, -0.2) is 34.5 Å². The molecule has 0 saturated carbocycles. The maximum absolute atomic E-state index is 9.40. The zero-order valence-electron chi connectivity index (χ0n) is 12.8. The molecule has 0 aromatic carbocycles. The number of nitrogens with two attached hydrogens (primary N) is 1. The minimum Gasteiger partial charge on any atom is -0.399 e. The van der Waals surface area contributed by atoms with Gasteiger partial charge in [0.25, 0.3) is 0 Å². The molecule has 0 amide bonds. The first-order valence-electron chi connectivity index (χ1n) is 6.90. The van der Waals surface area contributed by atoms with E-state index in [1.54, 1.807) is 13.1 Å². The van der Waals surface area contributed by atoms with Gasteiger partial charge in [-0.2, -0.15) is 0 Å². The summed E-state index contributed by atoms with van der Waals surface area (Å²) >= 11 is 0. The van der Waals surface area contributed by atoms with Gasteiger partial charge in [-0.3, -0.25) is 4.98 Å². The summed E-state index contributed by atoms with van der Waals surface area (Å²) in [4.78, 5) is 4.31. The molecule has 0 spiro atoms. The smallest absolute Gasteiger partial charge is 0.399 e. The third kappa shape index (κ3) is 2.82. The Kier molecular flexibility index (Phi) is 3.84. The van der Waals surface area contributed by atoms with Gasteiger partial charge >= 0.3 is 7.12 Å². The lowest BCUT2D eigenvalue weighted by atomic mass is 9.80. The number of aromatic nitrogens is 1. The van der Waals surface area contributed by atoms with E-state index in [0.29, 0.717) is 17.8 Å². The standard InChI is InChI=1S/C14H23BN2O3/c1-9(18)6-12-11(16)7-10(8-17-12)15-19-13(2,3)14(4,5)20-15/h7-9,18H,6,16H2,1-5H3. The molecule has 110 valence electrons. The molecule has 1 aliphatic heterocycles. The van der Waals surface area contributed by atoms with E-state index in [1.807, 2.05) is 33.8 Å². The highest BCUT2D eigenvalue weighted by molar-refractivity contribution is 6.62. The average molecular weight is 278 g/mol. The van der Waals surface area contributed by atoms with Gasteiger partial charge in [-0.15, -0.1) is 0 Å². The highest BCUT2D eigenvalue weighted by Gasteiger charge is 2.51. The molecule has 5 nitrogen and oxygen atoms in total. The van der Waals surface area contributed by atoms with E-state index in [2.05, 4.69) is 4.98 Å². The number of pyridine rings is 1. The van der Waals surface area contributed by atoms with Crippen molar-refractivity contribution in [2.75, 3.05) is 5.73 Å². The lowest BCUT2D eigenvalue weighted by Crippen LogP contribution is -2.41. The number of nitrogen functional groups attached to an aromatic ring is 1. The van der Waals surface area contributed by atoms with Crippen LogP contribution in [0.15, 0.2) is 12.3 Å². The van der Waals surface area contributed by atoms with Crippen LogP contribution in [0.25, 0.3) is 0 Å². The third-order valence-corrected chi connectivity index (χ3v) is 4.04. The van der Waals surface area contributed by atoms with Gasteiger partial charge in [0.2, 0.25) is 0 Å². The molecule has 2 heterocycles. The first-order chi connectivity index (χ1) is 9.12. The number of aliphatic hydroxyl groups excluding tert-OH is 1. The lowest BCUT2D eigenvalue weighted by molar-refractivity contribution is 0.00578. The zero-order valence-corrected chi connectivity index (χ0v) is 12.8. The predicted molar refractivity (Wildman–Crippen MR) is 79.8 cm³/mol. The Balaban J connectivity index is 2.22. The van der Waals surface area contributed by atoms with Crippen molar-refractivity contribution in [2.45, 2.75) is 58.3 Å². The van der Waals surface area contributed by atoms with E-state index in [4.69, 9.17) is 15.0 Å². The van der Waals surface area contributed by atoms with Gasteiger partial charge in [-0.05, 0) is 40.7 Å². The second kappa shape index (κ2) is 5.02. The molecule has 0 radical (unpaired) electrons. The summed E-state index contributed by atoms with van der Waals surface area (Å²) in [6, 6.07) is 1.81. The number of rotatable bonds is 3. The minimum atomic E-state index is -0.465. The number of hydrogen-bond donors (Lipinski definition) is 2. The predicted octanol–water partition coefficient (Wildman–Crippen LogP) is 0.886. The molecule has 0 bridgehead atoms. The summed E-state index contributed by atoms with van der Waals surface area (Å²) < 4.78 is 11.9. The molecule has 1 fully saturated rings. The van der Waals surface area contributed by atoms with Gasteiger partial charge in [-0.1, -0.05) is 0 Å². The van der Waals surface area contributed by atoms with Gasteiger partial charge in [0.15, 0.2) is 0 Å². The van der Waals surface area contributed by atoms with Crippen LogP contribution in [0.3, 0.4) is 0 Å². The molecule has 1 aromatic rings. The van der Waals surface area contributed by atoms with Gasteiger partial charge in [-0.25, -0.2) is 0 Å². The van der Waals surface area contributed by atoms with Crippen molar-refractivity contribution in [1.82, 2.24) is 4.98 Å². The van der Waals surface area contributed by atoms with Crippen molar-refractivity contribution in [1.29, 1.82) is 0 Å². The molecule has 3 N–H and O–H groups in total. The fourth-order valence-electron chi connectivity index (χ4n) is 2.09. The Labute approximate surface area is 120 Å². The van der Waals surface area contributed by atoms with Gasteiger partial charge in [0.05, 0.1) is 28.7 Å². The number of hydrogen-bond acceptors (Lipinski definition) is 5. The largest absolute Gasteiger partial charge is 0.496 e. The van der Waals surface area contributed by atoms with Crippen LogP contribution in [-0.2, 0) is 15.7 Å². The Morgan fingerprint density at radius 3 is 2.30 bits per heavy atom. The molecule has 1 aromatic heterocycles. The van der Waals surface area contributed by atoms with Crippen molar-refractivity contribution >= 4 is 18.3 Å². The van der Waals surface area contributed by atoms with E-state index in [-0.39, 0.29) is 11.2 Å². The monoisotopic (exact) mass is 278 g/mol. The van der Waals surface area contributed by atoms with Crippen molar-refractivity contribution in [3.05, 3.63) is 18.0 Å². The molecule has 1 unspecified atom stereocenters. The van der Waals surface area contributed by atoms with Gasteiger partial charge in [0, 0.05) is 18.1 Å². The molecule has 6 heteroatoms. The molecule has 2 rings (SSSR count). The van der Waals surface area contributed by atoms with Crippen molar-refractivity contribution in [2.24, 2.45) is 0 Å². The summed E-state index contributed by atoms with van der Waals surface area (Å²) in [5.41, 5.74) is 7.27. The Morgan fingerprint density at radius 2 is 1.85 bits per heavy atom. The number of anilines is 1. The first-order valence-corrected chi connectivity index (χ1v) is 6.90. The van der Waals surface area contributed by atoms with Crippen LogP contribution in [0.4, 0.5) is 5.69 Å². The molecule has 1 aliphatic rings. The van der Waals surface area contributed by atoms with Crippen molar-refractivity contribution in [3.63, 3.8) is 0 Å². The first kappa shape index (κ1) is 15.3. The molecular formula is C14H23BN2O3. The minimum absolute atomic E-state index is 0.384. The second-order valence-corrected chi connectivity index (χ2v) is 6.45. The summed E-state index contributed by atoms with van der Waals surface area (Å²) in [7, 11) is -0.463. The second-order valence-electron chi connectivity index (χ2n) is 6.45. The summed E-state index contributed by atoms with van der Waals surface area (Å²) in [6.45, 7) is 9.73. The molecule has 20 heavy (non-hydrogen) atoms. The maximum atomic E-state index is 9.40. The van der Waals surface area contributed by atoms with Crippen LogP contribution in [0.1, 0.15) is 40.3 Å². The number of nitrogens with zero attached hydrogens (tertiary/aromatic N) is 1. The van der Waals surface area contributed by atoms with Crippen LogP contribution in [0.5, 0.6) is 0 Å². The topological polar surface area (TPSA) is 77.6 Å². The van der Waals surface area contributed by atoms with Gasteiger partial charge < -0.3 is 20.1 Å².